The molecule has 1 atom stereocenters. The molecule has 0 bridgehead atoms. The SMILES string of the molecule is CN1CCC(Nc2ncnc3cc(-c4ccc(Cl)cc4)sc23)C1=O. The summed E-state index contributed by atoms with van der Waals surface area (Å²) in [5.74, 6) is 0.829. The van der Waals surface area contributed by atoms with E-state index in [1.807, 2.05) is 37.4 Å². The van der Waals surface area contributed by atoms with Crippen LogP contribution in [0.5, 0.6) is 0 Å². The lowest BCUT2D eigenvalue weighted by molar-refractivity contribution is -0.127. The van der Waals surface area contributed by atoms with Gasteiger partial charge in [0.15, 0.2) is 0 Å². The second kappa shape index (κ2) is 6.03. The number of benzene rings is 1. The molecule has 5 nitrogen and oxygen atoms in total. The normalized spacial score (nSPS) is 17.7. The van der Waals surface area contributed by atoms with E-state index >= 15 is 0 Å². The summed E-state index contributed by atoms with van der Waals surface area (Å²) < 4.78 is 0.963. The Morgan fingerprint density at radius 3 is 2.79 bits per heavy atom. The molecular formula is C17H15ClN4OS. The first kappa shape index (κ1) is 15.4. The van der Waals surface area contributed by atoms with Crippen LogP contribution in [-0.2, 0) is 4.79 Å². The largest absolute Gasteiger partial charge is 0.357 e. The first-order chi connectivity index (χ1) is 11.6. The van der Waals surface area contributed by atoms with Crippen LogP contribution in [0.3, 0.4) is 0 Å². The highest BCUT2D eigenvalue weighted by Crippen LogP contribution is 2.36. The predicted molar refractivity (Wildman–Crippen MR) is 97.5 cm³/mol. The summed E-state index contributed by atoms with van der Waals surface area (Å²) in [6.07, 6.45) is 2.32. The van der Waals surface area contributed by atoms with Gasteiger partial charge in [-0.25, -0.2) is 9.97 Å². The molecule has 24 heavy (non-hydrogen) atoms. The lowest BCUT2D eigenvalue weighted by atomic mass is 10.2. The molecule has 1 aromatic carbocycles. The van der Waals surface area contributed by atoms with Crippen molar-refractivity contribution in [1.29, 1.82) is 0 Å². The average molecular weight is 359 g/mol. The Morgan fingerprint density at radius 1 is 1.29 bits per heavy atom. The Kier molecular flexibility index (Phi) is 3.86. The van der Waals surface area contributed by atoms with Crippen molar-refractivity contribution < 1.29 is 4.79 Å². The third-order valence-electron chi connectivity index (χ3n) is 4.18. The summed E-state index contributed by atoms with van der Waals surface area (Å²) in [6, 6.07) is 9.55. The molecule has 1 aliphatic heterocycles. The van der Waals surface area contributed by atoms with Crippen LogP contribution < -0.4 is 5.32 Å². The van der Waals surface area contributed by atoms with Crippen LogP contribution in [0, 0.1) is 0 Å². The highest BCUT2D eigenvalue weighted by atomic mass is 35.5. The van der Waals surface area contributed by atoms with E-state index in [1.54, 1.807) is 16.2 Å². The van der Waals surface area contributed by atoms with Crippen LogP contribution in [0.1, 0.15) is 6.42 Å². The second-order valence-corrected chi connectivity index (χ2v) is 7.29. The molecule has 1 saturated heterocycles. The Balaban J connectivity index is 1.70. The summed E-state index contributed by atoms with van der Waals surface area (Å²) in [7, 11) is 1.82. The van der Waals surface area contributed by atoms with E-state index in [9.17, 15) is 4.79 Å². The molecule has 4 rings (SSSR count). The van der Waals surface area contributed by atoms with E-state index in [0.29, 0.717) is 5.02 Å². The van der Waals surface area contributed by atoms with Gasteiger partial charge in [-0.05, 0) is 30.2 Å². The quantitative estimate of drug-likeness (QED) is 0.776. The number of likely N-dealkylation sites (tertiary alicyclic amines) is 1. The van der Waals surface area contributed by atoms with Crippen molar-refractivity contribution in [2.75, 3.05) is 18.9 Å². The van der Waals surface area contributed by atoms with Gasteiger partial charge in [-0.3, -0.25) is 4.79 Å². The number of halogens is 1. The number of fused-ring (bicyclic) bond motifs is 1. The zero-order chi connectivity index (χ0) is 16.7. The maximum Gasteiger partial charge on any atom is 0.244 e. The van der Waals surface area contributed by atoms with Crippen LogP contribution in [0.15, 0.2) is 36.7 Å². The molecule has 0 radical (unpaired) electrons. The molecule has 2 aromatic heterocycles. The molecule has 1 amide bonds. The predicted octanol–water partition coefficient (Wildman–Crippen LogP) is 3.65. The fraction of sp³-hybridized carbons (Fsp3) is 0.235. The number of aromatic nitrogens is 2. The molecule has 1 N–H and O–H groups in total. The van der Waals surface area contributed by atoms with Crippen LogP contribution in [0.2, 0.25) is 5.02 Å². The van der Waals surface area contributed by atoms with Gasteiger partial charge in [-0.2, -0.15) is 0 Å². The number of hydrogen-bond donors (Lipinski definition) is 1. The number of carbonyl (C=O) groups is 1. The number of thiophene rings is 1. The van der Waals surface area contributed by atoms with Crippen LogP contribution >= 0.6 is 22.9 Å². The highest BCUT2D eigenvalue weighted by molar-refractivity contribution is 7.22. The van der Waals surface area contributed by atoms with Crippen LogP contribution in [-0.4, -0.2) is 40.4 Å². The molecule has 3 heterocycles. The Bertz CT molecular complexity index is 909. The molecule has 3 aromatic rings. The Hall–Kier alpha value is -2.18. The third-order valence-corrected chi connectivity index (χ3v) is 5.61. The number of nitrogens with one attached hydrogen (secondary N) is 1. The molecule has 1 aliphatic rings. The van der Waals surface area contributed by atoms with Gasteiger partial charge in [0.05, 0.1) is 10.2 Å². The lowest BCUT2D eigenvalue weighted by Crippen LogP contribution is -2.31. The van der Waals surface area contributed by atoms with Crippen LogP contribution in [0.25, 0.3) is 20.7 Å². The lowest BCUT2D eigenvalue weighted by Gasteiger charge is -2.12. The number of anilines is 1. The van der Waals surface area contributed by atoms with Crippen molar-refractivity contribution in [3.63, 3.8) is 0 Å². The second-order valence-electron chi connectivity index (χ2n) is 5.80. The maximum atomic E-state index is 12.1. The summed E-state index contributed by atoms with van der Waals surface area (Å²) in [6.45, 7) is 0.769. The zero-order valence-corrected chi connectivity index (χ0v) is 14.6. The van der Waals surface area contributed by atoms with Gasteiger partial charge >= 0.3 is 0 Å². The molecule has 7 heteroatoms. The van der Waals surface area contributed by atoms with E-state index in [1.165, 1.54) is 6.33 Å². The van der Waals surface area contributed by atoms with Crippen molar-refractivity contribution in [1.82, 2.24) is 14.9 Å². The summed E-state index contributed by atoms with van der Waals surface area (Å²) in [5, 5.41) is 4.00. The van der Waals surface area contributed by atoms with E-state index in [-0.39, 0.29) is 11.9 Å². The first-order valence-corrected chi connectivity index (χ1v) is 8.83. The summed E-state index contributed by atoms with van der Waals surface area (Å²) in [5.41, 5.74) is 1.96. The van der Waals surface area contributed by atoms with E-state index in [4.69, 9.17) is 11.6 Å². The molecule has 0 spiro atoms. The van der Waals surface area contributed by atoms with Crippen molar-refractivity contribution in [3.05, 3.63) is 41.7 Å². The third kappa shape index (κ3) is 2.72. The van der Waals surface area contributed by atoms with Crippen molar-refractivity contribution >= 4 is 44.9 Å². The van der Waals surface area contributed by atoms with Crippen LogP contribution in [0.4, 0.5) is 5.82 Å². The van der Waals surface area contributed by atoms with Gasteiger partial charge in [-0.1, -0.05) is 23.7 Å². The standard InChI is InChI=1S/C17H15ClN4OS/c1-22-7-6-12(17(22)23)21-16-15-13(19-9-20-16)8-14(24-15)10-2-4-11(18)5-3-10/h2-5,8-9,12H,6-7H2,1H3,(H,19,20,21). The molecule has 0 aliphatic carbocycles. The fourth-order valence-electron chi connectivity index (χ4n) is 2.84. The first-order valence-electron chi connectivity index (χ1n) is 7.64. The molecular weight excluding hydrogens is 344 g/mol. The molecule has 122 valence electrons. The number of carbonyl (C=O) groups excluding carboxylic acids is 1. The molecule has 1 unspecified atom stereocenters. The highest BCUT2D eigenvalue weighted by Gasteiger charge is 2.29. The summed E-state index contributed by atoms with van der Waals surface area (Å²) in [4.78, 5) is 23.7. The Labute approximate surface area is 148 Å². The van der Waals surface area contributed by atoms with Crippen molar-refractivity contribution in [2.24, 2.45) is 0 Å². The number of nitrogens with zero attached hydrogens (tertiary/aromatic N) is 3. The van der Waals surface area contributed by atoms with Gasteiger partial charge in [0.1, 0.15) is 18.2 Å². The Morgan fingerprint density at radius 2 is 2.08 bits per heavy atom. The number of hydrogen-bond acceptors (Lipinski definition) is 5. The molecule has 1 fully saturated rings. The van der Waals surface area contributed by atoms with Gasteiger partial charge in [0.2, 0.25) is 5.91 Å². The topological polar surface area (TPSA) is 58.1 Å². The van der Waals surface area contributed by atoms with Crippen molar-refractivity contribution in [3.8, 4) is 10.4 Å². The number of rotatable bonds is 3. The fourth-order valence-corrected chi connectivity index (χ4v) is 4.03. The van der Waals surface area contributed by atoms with E-state index < -0.39 is 0 Å². The number of amides is 1. The van der Waals surface area contributed by atoms with Crippen molar-refractivity contribution in [2.45, 2.75) is 12.5 Å². The minimum Gasteiger partial charge on any atom is -0.357 e. The van der Waals surface area contributed by atoms with E-state index in [0.717, 1.165) is 39.4 Å². The van der Waals surface area contributed by atoms with E-state index in [2.05, 4.69) is 15.3 Å². The zero-order valence-electron chi connectivity index (χ0n) is 13.0. The minimum absolute atomic E-state index is 0.108. The average Bonchev–Trinajstić information content (AvgIpc) is 3.15. The summed E-state index contributed by atoms with van der Waals surface area (Å²) >= 11 is 7.57. The van der Waals surface area contributed by atoms with Gasteiger partial charge in [0, 0.05) is 23.5 Å². The molecule has 0 saturated carbocycles. The van der Waals surface area contributed by atoms with Gasteiger partial charge < -0.3 is 10.2 Å². The maximum absolute atomic E-state index is 12.1. The van der Waals surface area contributed by atoms with Gasteiger partial charge in [0.25, 0.3) is 0 Å². The number of likely N-dealkylation sites (N-methyl/N-ethyl adjacent to an activating group) is 1. The van der Waals surface area contributed by atoms with Gasteiger partial charge in [-0.15, -0.1) is 11.3 Å². The monoisotopic (exact) mass is 358 g/mol. The minimum atomic E-state index is -0.214. The smallest absolute Gasteiger partial charge is 0.244 e.